The molecular weight excluding hydrogens is 333 g/mol. The fraction of sp³-hybridized carbons (Fsp3) is 0. The molecule has 3 rings (SSSR count). The fourth-order valence-electron chi connectivity index (χ4n) is 1.81. The number of thiazole rings is 1. The van der Waals surface area contributed by atoms with Crippen molar-refractivity contribution in [1.29, 1.82) is 0 Å². The zero-order valence-electron chi connectivity index (χ0n) is 10.1. The SMILES string of the molecule is Clc1ccc(Cl)c(/C=C/c2nc3ccccc3s2)c1Cl. The van der Waals surface area contributed by atoms with Crippen molar-refractivity contribution >= 4 is 68.5 Å². The first-order valence-electron chi connectivity index (χ1n) is 5.82. The lowest BCUT2D eigenvalue weighted by molar-refractivity contribution is 1.46. The highest BCUT2D eigenvalue weighted by Crippen LogP contribution is 2.33. The summed E-state index contributed by atoms with van der Waals surface area (Å²) in [5.74, 6) is 0. The van der Waals surface area contributed by atoms with Gasteiger partial charge in [-0.1, -0.05) is 46.9 Å². The summed E-state index contributed by atoms with van der Waals surface area (Å²) in [7, 11) is 0. The van der Waals surface area contributed by atoms with E-state index in [2.05, 4.69) is 4.98 Å². The van der Waals surface area contributed by atoms with Gasteiger partial charge in [0.15, 0.2) is 0 Å². The molecule has 0 N–H and O–H groups in total. The van der Waals surface area contributed by atoms with E-state index in [1.807, 2.05) is 36.4 Å². The van der Waals surface area contributed by atoms with E-state index in [4.69, 9.17) is 34.8 Å². The van der Waals surface area contributed by atoms with Crippen molar-refractivity contribution in [3.8, 4) is 0 Å². The maximum absolute atomic E-state index is 6.16. The molecule has 0 radical (unpaired) electrons. The number of hydrogen-bond donors (Lipinski definition) is 0. The molecule has 5 heteroatoms. The minimum atomic E-state index is 0.455. The Balaban J connectivity index is 2.00. The number of halogens is 3. The van der Waals surface area contributed by atoms with Gasteiger partial charge >= 0.3 is 0 Å². The second-order valence-corrected chi connectivity index (χ2v) is 6.36. The second-order valence-electron chi connectivity index (χ2n) is 4.11. The Hall–Kier alpha value is -1.06. The molecule has 0 aliphatic heterocycles. The van der Waals surface area contributed by atoms with Gasteiger partial charge in [0.2, 0.25) is 0 Å². The van der Waals surface area contributed by atoms with Crippen LogP contribution in [0.5, 0.6) is 0 Å². The van der Waals surface area contributed by atoms with Gasteiger partial charge in [0, 0.05) is 10.6 Å². The molecule has 2 aromatic carbocycles. The van der Waals surface area contributed by atoms with E-state index in [0.29, 0.717) is 20.6 Å². The number of nitrogens with zero attached hydrogens (tertiary/aromatic N) is 1. The standard InChI is InChI=1S/C15H8Cl3NS/c16-10-6-7-11(17)15(18)9(10)5-8-14-19-12-3-1-2-4-13(12)20-14/h1-8H/b8-5+. The Morgan fingerprint density at radius 1 is 0.900 bits per heavy atom. The van der Waals surface area contributed by atoms with Crippen LogP contribution in [0.4, 0.5) is 0 Å². The topological polar surface area (TPSA) is 12.9 Å². The molecule has 0 saturated heterocycles. The minimum Gasteiger partial charge on any atom is -0.237 e. The van der Waals surface area contributed by atoms with E-state index >= 15 is 0 Å². The van der Waals surface area contributed by atoms with E-state index in [1.54, 1.807) is 23.5 Å². The highest BCUT2D eigenvalue weighted by molar-refractivity contribution is 7.19. The van der Waals surface area contributed by atoms with Crippen LogP contribution in [0.25, 0.3) is 22.4 Å². The summed E-state index contributed by atoms with van der Waals surface area (Å²) in [6, 6.07) is 11.4. The minimum absolute atomic E-state index is 0.455. The Morgan fingerprint density at radius 2 is 1.65 bits per heavy atom. The van der Waals surface area contributed by atoms with Crippen LogP contribution in [0.1, 0.15) is 10.6 Å². The molecule has 0 saturated carbocycles. The van der Waals surface area contributed by atoms with Gasteiger partial charge in [-0.05, 0) is 36.4 Å². The summed E-state index contributed by atoms with van der Waals surface area (Å²) >= 11 is 19.9. The fourth-order valence-corrected chi connectivity index (χ4v) is 3.34. The van der Waals surface area contributed by atoms with Crippen LogP contribution in [0.15, 0.2) is 36.4 Å². The van der Waals surface area contributed by atoms with Crippen LogP contribution in [-0.4, -0.2) is 4.98 Å². The van der Waals surface area contributed by atoms with Gasteiger partial charge in [0.05, 0.1) is 20.3 Å². The highest BCUT2D eigenvalue weighted by Gasteiger charge is 2.07. The Kier molecular flexibility index (Phi) is 3.99. The van der Waals surface area contributed by atoms with Gasteiger partial charge < -0.3 is 0 Å². The summed E-state index contributed by atoms with van der Waals surface area (Å²) in [6.07, 6.45) is 3.74. The molecule has 1 heterocycles. The van der Waals surface area contributed by atoms with Crippen molar-refractivity contribution in [1.82, 2.24) is 4.98 Å². The van der Waals surface area contributed by atoms with E-state index in [-0.39, 0.29) is 0 Å². The average Bonchev–Trinajstić information content (AvgIpc) is 2.86. The van der Waals surface area contributed by atoms with Crippen LogP contribution >= 0.6 is 46.1 Å². The number of fused-ring (bicyclic) bond motifs is 1. The summed E-state index contributed by atoms with van der Waals surface area (Å²) in [6.45, 7) is 0. The average molecular weight is 341 g/mol. The molecule has 0 bridgehead atoms. The number of benzene rings is 2. The third-order valence-electron chi connectivity index (χ3n) is 2.78. The van der Waals surface area contributed by atoms with Crippen molar-refractivity contribution in [2.45, 2.75) is 0 Å². The highest BCUT2D eigenvalue weighted by atomic mass is 35.5. The lowest BCUT2D eigenvalue weighted by Gasteiger charge is -2.02. The molecule has 0 fully saturated rings. The van der Waals surface area contributed by atoms with Gasteiger partial charge in [-0.2, -0.15) is 0 Å². The summed E-state index contributed by atoms with van der Waals surface area (Å²) in [4.78, 5) is 4.52. The van der Waals surface area contributed by atoms with E-state index in [0.717, 1.165) is 15.2 Å². The van der Waals surface area contributed by atoms with Gasteiger partial charge in [-0.25, -0.2) is 4.98 Å². The van der Waals surface area contributed by atoms with Crippen molar-refractivity contribution in [2.24, 2.45) is 0 Å². The van der Waals surface area contributed by atoms with E-state index in [1.165, 1.54) is 0 Å². The molecule has 0 atom stereocenters. The number of aromatic nitrogens is 1. The van der Waals surface area contributed by atoms with Crippen LogP contribution in [0.3, 0.4) is 0 Å². The van der Waals surface area contributed by atoms with Crippen LogP contribution in [0, 0.1) is 0 Å². The van der Waals surface area contributed by atoms with Crippen LogP contribution in [0.2, 0.25) is 15.1 Å². The quantitative estimate of drug-likeness (QED) is 0.490. The Labute approximate surface area is 135 Å². The largest absolute Gasteiger partial charge is 0.237 e. The van der Waals surface area contributed by atoms with E-state index in [9.17, 15) is 0 Å². The van der Waals surface area contributed by atoms with Crippen LogP contribution in [-0.2, 0) is 0 Å². The van der Waals surface area contributed by atoms with E-state index < -0.39 is 0 Å². The zero-order valence-corrected chi connectivity index (χ0v) is 13.2. The zero-order chi connectivity index (χ0) is 14.1. The molecule has 0 amide bonds. The van der Waals surface area contributed by atoms with Gasteiger partial charge in [0.25, 0.3) is 0 Å². The summed E-state index contributed by atoms with van der Waals surface area (Å²) < 4.78 is 1.15. The number of rotatable bonds is 2. The lowest BCUT2D eigenvalue weighted by Crippen LogP contribution is -1.79. The van der Waals surface area contributed by atoms with Gasteiger partial charge in [-0.15, -0.1) is 11.3 Å². The summed E-state index contributed by atoms with van der Waals surface area (Å²) in [5, 5.41) is 2.41. The number of hydrogen-bond acceptors (Lipinski definition) is 2. The second kappa shape index (κ2) is 5.74. The van der Waals surface area contributed by atoms with Crippen molar-refractivity contribution < 1.29 is 0 Å². The first-order valence-corrected chi connectivity index (χ1v) is 7.77. The third-order valence-corrected chi connectivity index (χ3v) is 4.93. The molecule has 1 nitrogen and oxygen atoms in total. The number of para-hydroxylation sites is 1. The van der Waals surface area contributed by atoms with Crippen molar-refractivity contribution in [3.05, 3.63) is 62.0 Å². The predicted octanol–water partition coefficient (Wildman–Crippen LogP) is 6.43. The smallest absolute Gasteiger partial charge is 0.117 e. The molecule has 0 spiro atoms. The summed E-state index contributed by atoms with van der Waals surface area (Å²) in [5.41, 5.74) is 1.69. The Bertz CT molecular complexity index is 775. The first-order chi connectivity index (χ1) is 9.65. The lowest BCUT2D eigenvalue weighted by atomic mass is 10.2. The first kappa shape index (κ1) is 13.9. The predicted molar refractivity (Wildman–Crippen MR) is 90.0 cm³/mol. The van der Waals surface area contributed by atoms with Gasteiger partial charge in [-0.3, -0.25) is 0 Å². The van der Waals surface area contributed by atoms with Gasteiger partial charge in [0.1, 0.15) is 5.01 Å². The molecule has 3 aromatic rings. The van der Waals surface area contributed by atoms with Crippen LogP contribution < -0.4 is 0 Å². The monoisotopic (exact) mass is 339 g/mol. The molecule has 1 aromatic heterocycles. The Morgan fingerprint density at radius 3 is 2.45 bits per heavy atom. The molecule has 100 valence electrons. The molecule has 20 heavy (non-hydrogen) atoms. The van der Waals surface area contributed by atoms with Crippen molar-refractivity contribution in [3.63, 3.8) is 0 Å². The third kappa shape index (κ3) is 2.70. The molecule has 0 aliphatic carbocycles. The maximum atomic E-state index is 6.16. The molecular formula is C15H8Cl3NS. The molecule has 0 unspecified atom stereocenters. The normalized spacial score (nSPS) is 11.6. The van der Waals surface area contributed by atoms with Crippen molar-refractivity contribution in [2.75, 3.05) is 0 Å². The molecule has 0 aliphatic rings. The maximum Gasteiger partial charge on any atom is 0.117 e.